The number of hydrogen-bond donors (Lipinski definition) is 0. The Labute approximate surface area is 117 Å². The molecule has 0 saturated heterocycles. The van der Waals surface area contributed by atoms with Crippen LogP contribution in [0.25, 0.3) is 0 Å². The van der Waals surface area contributed by atoms with Gasteiger partial charge in [0.25, 0.3) is 0 Å². The predicted molar refractivity (Wildman–Crippen MR) is 84.9 cm³/mol. The third-order valence-corrected chi connectivity index (χ3v) is 5.56. The summed E-state index contributed by atoms with van der Waals surface area (Å²) in [7, 11) is 0. The molecule has 0 spiro atoms. The summed E-state index contributed by atoms with van der Waals surface area (Å²) in [6, 6.07) is 0. The van der Waals surface area contributed by atoms with Crippen molar-refractivity contribution in [1.29, 1.82) is 0 Å². The molecular formula is C18H38. The van der Waals surface area contributed by atoms with Crippen molar-refractivity contribution >= 4 is 0 Å². The highest BCUT2D eigenvalue weighted by Crippen LogP contribution is 2.47. The van der Waals surface area contributed by atoms with Crippen molar-refractivity contribution in [2.24, 2.45) is 23.2 Å². The Kier molecular flexibility index (Phi) is 8.99. The van der Waals surface area contributed by atoms with Gasteiger partial charge in [0.2, 0.25) is 0 Å². The van der Waals surface area contributed by atoms with Crippen molar-refractivity contribution in [3.8, 4) is 0 Å². The molecule has 0 aliphatic heterocycles. The van der Waals surface area contributed by atoms with Crippen molar-refractivity contribution in [1.82, 2.24) is 0 Å². The third-order valence-electron chi connectivity index (χ3n) is 5.56. The summed E-state index contributed by atoms with van der Waals surface area (Å²) in [6.07, 6.45) is 9.68. The van der Waals surface area contributed by atoms with Crippen LogP contribution in [-0.4, -0.2) is 0 Å². The molecule has 18 heavy (non-hydrogen) atoms. The number of unbranched alkanes of at least 4 members (excludes halogenated alkanes) is 2. The van der Waals surface area contributed by atoms with E-state index in [-0.39, 0.29) is 0 Å². The minimum atomic E-state index is 0.573. The van der Waals surface area contributed by atoms with E-state index >= 15 is 0 Å². The lowest BCUT2D eigenvalue weighted by atomic mass is 9.60. The minimum Gasteiger partial charge on any atom is -0.0654 e. The van der Waals surface area contributed by atoms with Crippen molar-refractivity contribution < 1.29 is 0 Å². The maximum absolute atomic E-state index is 2.52. The second-order valence-corrected chi connectivity index (χ2v) is 6.75. The van der Waals surface area contributed by atoms with Gasteiger partial charge in [-0.1, -0.05) is 80.6 Å². The number of rotatable bonds is 10. The summed E-state index contributed by atoms with van der Waals surface area (Å²) in [5.74, 6) is 2.55. The quantitative estimate of drug-likeness (QED) is 0.381. The molecule has 0 N–H and O–H groups in total. The summed E-state index contributed by atoms with van der Waals surface area (Å²) < 4.78 is 0. The fraction of sp³-hybridized carbons (Fsp3) is 1.00. The number of hydrogen-bond acceptors (Lipinski definition) is 0. The Hall–Kier alpha value is 0. The molecule has 110 valence electrons. The molecule has 0 nitrogen and oxygen atoms in total. The average molecular weight is 255 g/mol. The molecule has 0 aliphatic rings. The lowest BCUT2D eigenvalue weighted by Gasteiger charge is -2.45. The molecule has 0 heterocycles. The van der Waals surface area contributed by atoms with E-state index in [9.17, 15) is 0 Å². The van der Waals surface area contributed by atoms with Crippen molar-refractivity contribution in [2.45, 2.75) is 93.4 Å². The first-order valence-electron chi connectivity index (χ1n) is 8.46. The molecule has 0 aliphatic carbocycles. The second-order valence-electron chi connectivity index (χ2n) is 6.75. The van der Waals surface area contributed by atoms with Crippen LogP contribution in [0.4, 0.5) is 0 Å². The van der Waals surface area contributed by atoms with Crippen LogP contribution in [0.3, 0.4) is 0 Å². The molecule has 0 heteroatoms. The Morgan fingerprint density at radius 2 is 1.44 bits per heavy atom. The zero-order chi connectivity index (χ0) is 14.2. The van der Waals surface area contributed by atoms with Crippen LogP contribution in [-0.2, 0) is 0 Å². The van der Waals surface area contributed by atoms with Crippen LogP contribution in [0.2, 0.25) is 0 Å². The fourth-order valence-electron chi connectivity index (χ4n) is 3.93. The minimum absolute atomic E-state index is 0.573. The van der Waals surface area contributed by atoms with E-state index in [1.807, 2.05) is 0 Å². The highest BCUT2D eigenvalue weighted by Gasteiger charge is 2.38. The molecule has 0 rings (SSSR count). The standard InChI is InChI=1S/C18H38/c1-8-11-12-14-18(10-3,15(4)5)17(7)16(6)13-9-2/h15-17H,8-14H2,1-7H3. The van der Waals surface area contributed by atoms with Gasteiger partial charge < -0.3 is 0 Å². The highest BCUT2D eigenvalue weighted by atomic mass is 14.4. The van der Waals surface area contributed by atoms with E-state index in [2.05, 4.69) is 48.5 Å². The molecule has 3 atom stereocenters. The lowest BCUT2D eigenvalue weighted by Crippen LogP contribution is -2.37. The second kappa shape index (κ2) is 8.99. The summed E-state index contributed by atoms with van der Waals surface area (Å²) in [6.45, 7) is 16.9. The molecule has 0 fully saturated rings. The summed E-state index contributed by atoms with van der Waals surface area (Å²) in [5, 5.41) is 0. The SMILES string of the molecule is CCCCCC(CC)(C(C)C)C(C)C(C)CCC. The molecule has 0 aromatic heterocycles. The molecular weight excluding hydrogens is 216 g/mol. The predicted octanol–water partition coefficient (Wildman–Crippen LogP) is 6.69. The topological polar surface area (TPSA) is 0 Å². The van der Waals surface area contributed by atoms with Crippen LogP contribution in [0.5, 0.6) is 0 Å². The van der Waals surface area contributed by atoms with Gasteiger partial charge in [0.05, 0.1) is 0 Å². The van der Waals surface area contributed by atoms with Crippen molar-refractivity contribution in [2.75, 3.05) is 0 Å². The largest absolute Gasteiger partial charge is 0.0654 e. The first-order chi connectivity index (χ1) is 8.46. The zero-order valence-electron chi connectivity index (χ0n) is 14.2. The van der Waals surface area contributed by atoms with Gasteiger partial charge in [0, 0.05) is 0 Å². The van der Waals surface area contributed by atoms with Gasteiger partial charge >= 0.3 is 0 Å². The van der Waals surface area contributed by atoms with Gasteiger partial charge in [-0.3, -0.25) is 0 Å². The Morgan fingerprint density at radius 3 is 1.83 bits per heavy atom. The van der Waals surface area contributed by atoms with E-state index in [1.54, 1.807) is 0 Å². The van der Waals surface area contributed by atoms with E-state index in [1.165, 1.54) is 44.9 Å². The molecule has 0 saturated carbocycles. The van der Waals surface area contributed by atoms with Gasteiger partial charge in [-0.15, -0.1) is 0 Å². The van der Waals surface area contributed by atoms with Crippen molar-refractivity contribution in [3.63, 3.8) is 0 Å². The summed E-state index contributed by atoms with van der Waals surface area (Å²) in [4.78, 5) is 0. The van der Waals surface area contributed by atoms with Crippen LogP contribution >= 0.6 is 0 Å². The van der Waals surface area contributed by atoms with Crippen LogP contribution < -0.4 is 0 Å². The lowest BCUT2D eigenvalue weighted by molar-refractivity contribution is 0.0413. The van der Waals surface area contributed by atoms with E-state index in [0.29, 0.717) is 5.41 Å². The Balaban J connectivity index is 4.82. The van der Waals surface area contributed by atoms with E-state index in [4.69, 9.17) is 0 Å². The zero-order valence-corrected chi connectivity index (χ0v) is 14.2. The van der Waals surface area contributed by atoms with Gasteiger partial charge in [-0.2, -0.15) is 0 Å². The van der Waals surface area contributed by atoms with Crippen LogP contribution in [0.15, 0.2) is 0 Å². The fourth-order valence-corrected chi connectivity index (χ4v) is 3.93. The van der Waals surface area contributed by atoms with Crippen molar-refractivity contribution in [3.05, 3.63) is 0 Å². The van der Waals surface area contributed by atoms with Gasteiger partial charge in [0.15, 0.2) is 0 Å². The summed E-state index contributed by atoms with van der Waals surface area (Å²) >= 11 is 0. The average Bonchev–Trinajstić information content (AvgIpc) is 2.34. The van der Waals surface area contributed by atoms with E-state index < -0.39 is 0 Å². The Bertz CT molecular complexity index is 194. The molecule has 3 unspecified atom stereocenters. The molecule has 0 amide bonds. The molecule has 0 aromatic rings. The molecule has 0 aromatic carbocycles. The normalized spacial score (nSPS) is 18.7. The first kappa shape index (κ1) is 18.0. The van der Waals surface area contributed by atoms with E-state index in [0.717, 1.165) is 17.8 Å². The smallest absolute Gasteiger partial charge is 0.0249 e. The maximum Gasteiger partial charge on any atom is -0.0249 e. The van der Waals surface area contributed by atoms with Crippen LogP contribution in [0, 0.1) is 23.2 Å². The van der Waals surface area contributed by atoms with Gasteiger partial charge in [-0.25, -0.2) is 0 Å². The highest BCUT2D eigenvalue weighted by molar-refractivity contribution is 4.88. The monoisotopic (exact) mass is 254 g/mol. The third kappa shape index (κ3) is 4.59. The maximum atomic E-state index is 2.52. The van der Waals surface area contributed by atoms with Crippen LogP contribution in [0.1, 0.15) is 93.4 Å². The Morgan fingerprint density at radius 1 is 0.833 bits per heavy atom. The summed E-state index contributed by atoms with van der Waals surface area (Å²) in [5.41, 5.74) is 0.573. The van der Waals surface area contributed by atoms with Gasteiger partial charge in [0.1, 0.15) is 0 Å². The molecule has 0 bridgehead atoms. The first-order valence-corrected chi connectivity index (χ1v) is 8.46. The molecule has 0 radical (unpaired) electrons. The van der Waals surface area contributed by atoms with Gasteiger partial charge in [-0.05, 0) is 36.0 Å².